The molecule has 0 bridgehead atoms. The minimum atomic E-state index is -0.754. The van der Waals surface area contributed by atoms with Gasteiger partial charge in [-0.3, -0.25) is 4.79 Å². The van der Waals surface area contributed by atoms with Crippen LogP contribution in [0.25, 0.3) is 0 Å². The predicted octanol–water partition coefficient (Wildman–Crippen LogP) is 2.34. The summed E-state index contributed by atoms with van der Waals surface area (Å²) in [7, 11) is 0. The molecule has 0 aliphatic carbocycles. The van der Waals surface area contributed by atoms with Gasteiger partial charge in [-0.2, -0.15) is 0 Å². The van der Waals surface area contributed by atoms with Crippen LogP contribution in [0.4, 0.5) is 0 Å². The fourth-order valence-electron chi connectivity index (χ4n) is 2.43. The van der Waals surface area contributed by atoms with E-state index in [0.29, 0.717) is 25.3 Å². The highest BCUT2D eigenvalue weighted by atomic mass is 16.6. The van der Waals surface area contributed by atoms with Gasteiger partial charge >= 0.3 is 11.9 Å². The lowest BCUT2D eigenvalue weighted by molar-refractivity contribution is -0.160. The lowest BCUT2D eigenvalue weighted by Crippen LogP contribution is -2.33. The van der Waals surface area contributed by atoms with Crippen molar-refractivity contribution >= 4 is 11.9 Å². The van der Waals surface area contributed by atoms with E-state index in [9.17, 15) is 9.59 Å². The second-order valence-corrected chi connectivity index (χ2v) is 6.60. The molecule has 0 aliphatic heterocycles. The summed E-state index contributed by atoms with van der Waals surface area (Å²) in [5, 5.41) is 0. The number of rotatable bonds is 10. The molecule has 0 heterocycles. The first-order chi connectivity index (χ1) is 11.4. The molecule has 0 radical (unpaired) electrons. The van der Waals surface area contributed by atoms with Gasteiger partial charge < -0.3 is 16.2 Å². The lowest BCUT2D eigenvalue weighted by Gasteiger charge is -2.10. The molecule has 5 heteroatoms. The van der Waals surface area contributed by atoms with Crippen LogP contribution in [-0.4, -0.2) is 24.5 Å². The van der Waals surface area contributed by atoms with Crippen LogP contribution in [-0.2, 0) is 27.2 Å². The number of carbonyl (C=O) groups is 2. The second-order valence-electron chi connectivity index (χ2n) is 6.60. The highest BCUT2D eigenvalue weighted by Gasteiger charge is 2.18. The number of nitrogens with two attached hydrogens (primary N) is 2. The third-order valence-corrected chi connectivity index (χ3v) is 3.77. The Hall–Kier alpha value is -1.72. The molecule has 1 rings (SSSR count). The Kier molecular flexibility index (Phi) is 9.27. The van der Waals surface area contributed by atoms with Crippen LogP contribution in [0.2, 0.25) is 0 Å². The molecule has 1 atom stereocenters. The smallest absolute Gasteiger partial charge is 0.330 e. The zero-order chi connectivity index (χ0) is 17.9. The Morgan fingerprint density at radius 3 is 2.29 bits per heavy atom. The van der Waals surface area contributed by atoms with Crippen molar-refractivity contribution < 1.29 is 14.3 Å². The van der Waals surface area contributed by atoms with Crippen molar-refractivity contribution in [3.63, 3.8) is 0 Å². The summed E-state index contributed by atoms with van der Waals surface area (Å²) in [6.07, 6.45) is 3.81. The van der Waals surface area contributed by atoms with Crippen molar-refractivity contribution in [2.75, 3.05) is 6.54 Å². The third-order valence-electron chi connectivity index (χ3n) is 3.77. The molecule has 0 amide bonds. The van der Waals surface area contributed by atoms with Crippen LogP contribution in [0.5, 0.6) is 0 Å². The number of unbranched alkanes of at least 4 members (excludes halogenated alkanes) is 1. The van der Waals surface area contributed by atoms with Crippen LogP contribution >= 0.6 is 0 Å². The zero-order valence-corrected chi connectivity index (χ0v) is 14.8. The Balaban J connectivity index is 2.33. The van der Waals surface area contributed by atoms with Crippen LogP contribution in [0.1, 0.15) is 50.7 Å². The van der Waals surface area contributed by atoms with Gasteiger partial charge in [-0.15, -0.1) is 0 Å². The van der Waals surface area contributed by atoms with E-state index in [2.05, 4.69) is 26.0 Å². The summed E-state index contributed by atoms with van der Waals surface area (Å²) in [6.45, 7) is 4.93. The first-order valence-electron chi connectivity index (χ1n) is 8.70. The van der Waals surface area contributed by atoms with Crippen LogP contribution < -0.4 is 11.5 Å². The molecule has 0 aliphatic rings. The average Bonchev–Trinajstić information content (AvgIpc) is 2.53. The quantitative estimate of drug-likeness (QED) is 0.389. The van der Waals surface area contributed by atoms with Crippen molar-refractivity contribution in [3.8, 4) is 0 Å². The summed E-state index contributed by atoms with van der Waals surface area (Å²) in [5.74, 6) is -0.560. The molecule has 0 saturated carbocycles. The van der Waals surface area contributed by atoms with Gasteiger partial charge in [0, 0.05) is 0 Å². The van der Waals surface area contributed by atoms with Crippen molar-refractivity contribution in [1.29, 1.82) is 0 Å². The van der Waals surface area contributed by atoms with E-state index in [4.69, 9.17) is 16.2 Å². The predicted molar refractivity (Wildman–Crippen MR) is 95.3 cm³/mol. The first-order valence-corrected chi connectivity index (χ1v) is 8.70. The Bertz CT molecular complexity index is 512. The maximum absolute atomic E-state index is 11.8. The molecule has 0 unspecified atom stereocenters. The van der Waals surface area contributed by atoms with E-state index >= 15 is 0 Å². The van der Waals surface area contributed by atoms with Crippen LogP contribution in [0, 0.1) is 5.92 Å². The van der Waals surface area contributed by atoms with E-state index in [-0.39, 0.29) is 6.42 Å². The fraction of sp³-hybridized carbons (Fsp3) is 0.579. The normalized spacial score (nSPS) is 12.2. The van der Waals surface area contributed by atoms with Crippen molar-refractivity contribution in [1.82, 2.24) is 0 Å². The van der Waals surface area contributed by atoms with Gasteiger partial charge in [-0.05, 0) is 49.3 Å². The number of carbonyl (C=O) groups excluding carboxylic acids is 2. The summed E-state index contributed by atoms with van der Waals surface area (Å²) < 4.78 is 4.81. The minimum absolute atomic E-state index is 0.171. The molecule has 0 fully saturated rings. The summed E-state index contributed by atoms with van der Waals surface area (Å²) in [6, 6.07) is 7.45. The zero-order valence-electron chi connectivity index (χ0n) is 14.8. The summed E-state index contributed by atoms with van der Waals surface area (Å²) in [4.78, 5) is 23.5. The molecule has 0 spiro atoms. The summed E-state index contributed by atoms with van der Waals surface area (Å²) in [5.41, 5.74) is 13.4. The van der Waals surface area contributed by atoms with E-state index in [1.54, 1.807) is 0 Å². The van der Waals surface area contributed by atoms with E-state index in [0.717, 1.165) is 24.8 Å². The van der Waals surface area contributed by atoms with Gasteiger partial charge in [0.2, 0.25) is 0 Å². The average molecular weight is 334 g/mol. The van der Waals surface area contributed by atoms with E-state index in [1.807, 2.05) is 12.1 Å². The summed E-state index contributed by atoms with van der Waals surface area (Å²) >= 11 is 0. The molecule has 4 N–H and O–H groups in total. The number of hydrogen-bond acceptors (Lipinski definition) is 5. The monoisotopic (exact) mass is 334 g/mol. The van der Waals surface area contributed by atoms with Gasteiger partial charge in [0.15, 0.2) is 0 Å². The van der Waals surface area contributed by atoms with Crippen LogP contribution in [0.3, 0.4) is 0 Å². The minimum Gasteiger partial charge on any atom is -0.392 e. The largest absolute Gasteiger partial charge is 0.392 e. The highest BCUT2D eigenvalue weighted by molar-refractivity contribution is 5.88. The number of aryl methyl sites for hydroxylation is 1. The molecule has 1 aromatic rings. The van der Waals surface area contributed by atoms with Crippen molar-refractivity contribution in [3.05, 3.63) is 35.4 Å². The molecule has 0 saturated heterocycles. The Labute approximate surface area is 144 Å². The van der Waals surface area contributed by atoms with Gasteiger partial charge in [0.1, 0.15) is 6.04 Å². The van der Waals surface area contributed by atoms with E-state index in [1.165, 1.54) is 5.56 Å². The van der Waals surface area contributed by atoms with Crippen molar-refractivity contribution in [2.45, 2.75) is 58.4 Å². The topological polar surface area (TPSA) is 95.4 Å². The van der Waals surface area contributed by atoms with Gasteiger partial charge in [-0.1, -0.05) is 44.5 Å². The Morgan fingerprint density at radius 2 is 1.71 bits per heavy atom. The molecule has 134 valence electrons. The van der Waals surface area contributed by atoms with Gasteiger partial charge in [0.25, 0.3) is 0 Å². The first kappa shape index (κ1) is 20.3. The maximum atomic E-state index is 11.8. The number of hydrogen-bond donors (Lipinski definition) is 2. The van der Waals surface area contributed by atoms with Crippen molar-refractivity contribution in [2.24, 2.45) is 17.4 Å². The number of ether oxygens (including phenoxy) is 1. The second kappa shape index (κ2) is 10.9. The van der Waals surface area contributed by atoms with Gasteiger partial charge in [-0.25, -0.2) is 4.79 Å². The molecule has 24 heavy (non-hydrogen) atoms. The Morgan fingerprint density at radius 1 is 1.08 bits per heavy atom. The maximum Gasteiger partial charge on any atom is 0.330 e. The third kappa shape index (κ3) is 8.22. The highest BCUT2D eigenvalue weighted by Crippen LogP contribution is 2.11. The molecular formula is C19H30N2O3. The molecular weight excluding hydrogens is 304 g/mol. The molecule has 0 aromatic heterocycles. The van der Waals surface area contributed by atoms with Crippen LogP contribution in [0.15, 0.2) is 24.3 Å². The SMILES string of the molecule is CC(C)Cc1ccc(CCC(=O)OC(=O)[C@@H](N)CCCCN)cc1. The molecule has 5 nitrogen and oxygen atoms in total. The van der Waals surface area contributed by atoms with Gasteiger partial charge in [0.05, 0.1) is 6.42 Å². The number of benzene rings is 1. The fourth-order valence-corrected chi connectivity index (χ4v) is 2.43. The standard InChI is InChI=1S/C19H30N2O3/c1-14(2)13-16-8-6-15(7-9-16)10-11-18(22)24-19(23)17(21)5-3-4-12-20/h6-9,14,17H,3-5,10-13,20-21H2,1-2H3/t17-/m0/s1. The number of esters is 2. The van der Waals surface area contributed by atoms with E-state index < -0.39 is 18.0 Å². The lowest BCUT2D eigenvalue weighted by atomic mass is 10.0. The molecule has 1 aromatic carbocycles.